The van der Waals surface area contributed by atoms with E-state index in [0.717, 1.165) is 25.9 Å². The number of pyridine rings is 1. The number of nitriles is 1. The average Bonchev–Trinajstić information content (AvgIpc) is 2.53. The number of aromatic nitrogens is 1. The minimum Gasteiger partial charge on any atom is -0.486 e. The zero-order valence-corrected chi connectivity index (χ0v) is 13.2. The predicted octanol–water partition coefficient (Wildman–Crippen LogP) is 1.12. The van der Waals surface area contributed by atoms with Crippen molar-refractivity contribution in [3.8, 4) is 17.7 Å². The first-order valence-corrected chi connectivity index (χ1v) is 7.73. The topological polar surface area (TPSA) is 61.6 Å². The van der Waals surface area contributed by atoms with Gasteiger partial charge >= 0.3 is 0 Å². The minimum atomic E-state index is 0.441. The maximum atomic E-state index is 9.03. The summed E-state index contributed by atoms with van der Waals surface area (Å²) in [6, 6.07) is 4.70. The summed E-state index contributed by atoms with van der Waals surface area (Å²) in [7, 11) is 4.18. The van der Waals surface area contributed by atoms with Crippen LogP contribution in [0.1, 0.15) is 18.4 Å². The summed E-state index contributed by atoms with van der Waals surface area (Å²) in [6.07, 6.45) is 3.82. The van der Waals surface area contributed by atoms with Crippen molar-refractivity contribution >= 4 is 0 Å². The lowest BCUT2D eigenvalue weighted by molar-refractivity contribution is 0.0646. The van der Waals surface area contributed by atoms with Crippen LogP contribution in [-0.2, 0) is 0 Å². The first-order valence-electron chi connectivity index (χ1n) is 7.73. The molecule has 2 saturated heterocycles. The van der Waals surface area contributed by atoms with E-state index in [1.807, 2.05) is 0 Å². The van der Waals surface area contributed by atoms with Crippen molar-refractivity contribution in [1.82, 2.24) is 14.8 Å². The summed E-state index contributed by atoms with van der Waals surface area (Å²) in [5, 5.41) is 9.03. The summed E-state index contributed by atoms with van der Waals surface area (Å²) < 4.78 is 11.7. The second kappa shape index (κ2) is 6.51. The van der Waals surface area contributed by atoms with Crippen LogP contribution in [-0.4, -0.2) is 67.3 Å². The molecular formula is C16H22N4O2. The van der Waals surface area contributed by atoms with Crippen LogP contribution in [0, 0.1) is 11.3 Å². The Balaban J connectivity index is 1.63. The molecule has 2 aliphatic heterocycles. The molecule has 22 heavy (non-hydrogen) atoms. The first-order chi connectivity index (χ1) is 10.7. The number of ether oxygens (including phenoxy) is 2. The molecule has 2 fully saturated rings. The Bertz CT molecular complexity index is 572. The Kier molecular flexibility index (Phi) is 4.46. The van der Waals surface area contributed by atoms with Crippen LogP contribution in [0.15, 0.2) is 12.3 Å². The zero-order chi connectivity index (χ0) is 15.5. The van der Waals surface area contributed by atoms with E-state index in [4.69, 9.17) is 14.7 Å². The minimum absolute atomic E-state index is 0.441. The Hall–Kier alpha value is -1.84. The molecule has 1 aromatic rings. The van der Waals surface area contributed by atoms with Crippen molar-refractivity contribution in [2.45, 2.75) is 24.9 Å². The first kappa shape index (κ1) is 15.1. The Morgan fingerprint density at radius 2 is 1.82 bits per heavy atom. The molecule has 0 aromatic carbocycles. The second-order valence-corrected chi connectivity index (χ2v) is 6.11. The molecular weight excluding hydrogens is 280 g/mol. The van der Waals surface area contributed by atoms with Crippen LogP contribution in [0.25, 0.3) is 0 Å². The fourth-order valence-corrected chi connectivity index (χ4v) is 2.63. The Labute approximate surface area is 131 Å². The Morgan fingerprint density at radius 3 is 2.32 bits per heavy atom. The lowest BCUT2D eigenvalue weighted by Crippen LogP contribution is -2.48. The van der Waals surface area contributed by atoms with Crippen molar-refractivity contribution < 1.29 is 9.47 Å². The van der Waals surface area contributed by atoms with E-state index in [-0.39, 0.29) is 0 Å². The van der Waals surface area contributed by atoms with E-state index in [1.165, 1.54) is 6.20 Å². The molecule has 0 unspecified atom stereocenters. The van der Waals surface area contributed by atoms with Crippen LogP contribution in [0.3, 0.4) is 0 Å². The third-order valence-corrected chi connectivity index (χ3v) is 4.67. The molecule has 0 aliphatic carbocycles. The molecule has 0 N–H and O–H groups in total. The highest BCUT2D eigenvalue weighted by Crippen LogP contribution is 2.28. The molecule has 0 saturated carbocycles. The van der Waals surface area contributed by atoms with Gasteiger partial charge in [0.15, 0.2) is 5.75 Å². The van der Waals surface area contributed by atoms with Crippen molar-refractivity contribution in [2.75, 3.05) is 40.4 Å². The monoisotopic (exact) mass is 302 g/mol. The SMILES string of the molecule is CN1CC[C@H]1COc1cc(C#N)cnc1OC[C@@H]1CCN1C. The highest BCUT2D eigenvalue weighted by Gasteiger charge is 2.27. The molecule has 0 amide bonds. The predicted molar refractivity (Wildman–Crippen MR) is 82.0 cm³/mol. The van der Waals surface area contributed by atoms with Crippen molar-refractivity contribution in [1.29, 1.82) is 5.26 Å². The molecule has 0 radical (unpaired) electrons. The smallest absolute Gasteiger partial charge is 0.257 e. The fourth-order valence-electron chi connectivity index (χ4n) is 2.63. The van der Waals surface area contributed by atoms with Crippen molar-refractivity contribution in [3.63, 3.8) is 0 Å². The lowest BCUT2D eigenvalue weighted by Gasteiger charge is -2.38. The van der Waals surface area contributed by atoms with Gasteiger partial charge in [-0.05, 0) is 40.0 Å². The number of hydrogen-bond donors (Lipinski definition) is 0. The highest BCUT2D eigenvalue weighted by molar-refractivity contribution is 5.41. The van der Waals surface area contributed by atoms with E-state index < -0.39 is 0 Å². The van der Waals surface area contributed by atoms with Crippen LogP contribution < -0.4 is 9.47 Å². The van der Waals surface area contributed by atoms with Gasteiger partial charge in [-0.1, -0.05) is 0 Å². The Morgan fingerprint density at radius 1 is 1.18 bits per heavy atom. The summed E-state index contributed by atoms with van der Waals surface area (Å²) in [5.41, 5.74) is 0.491. The van der Waals surface area contributed by atoms with Gasteiger partial charge in [-0.3, -0.25) is 9.80 Å². The normalized spacial score (nSPS) is 25.0. The number of nitrogens with zero attached hydrogens (tertiary/aromatic N) is 4. The molecule has 0 spiro atoms. The molecule has 2 atom stereocenters. The maximum absolute atomic E-state index is 9.03. The highest BCUT2D eigenvalue weighted by atomic mass is 16.5. The molecule has 2 aliphatic rings. The van der Waals surface area contributed by atoms with Gasteiger partial charge in [-0.25, -0.2) is 4.98 Å². The summed E-state index contributed by atoms with van der Waals surface area (Å²) in [4.78, 5) is 8.76. The van der Waals surface area contributed by atoms with Gasteiger partial charge in [0, 0.05) is 24.3 Å². The molecule has 3 rings (SSSR count). The third kappa shape index (κ3) is 3.16. The zero-order valence-electron chi connectivity index (χ0n) is 13.2. The van der Waals surface area contributed by atoms with Crippen LogP contribution >= 0.6 is 0 Å². The number of likely N-dealkylation sites (tertiary alicyclic amines) is 2. The molecule has 1 aromatic heterocycles. The van der Waals surface area contributed by atoms with Gasteiger partial charge < -0.3 is 9.47 Å². The van der Waals surface area contributed by atoms with Crippen LogP contribution in [0.2, 0.25) is 0 Å². The standard InChI is InChI=1S/C16H22N4O2/c1-19-5-3-13(19)10-21-15-7-12(8-17)9-18-16(15)22-11-14-4-6-20(14)2/h7,9,13-14H,3-6,10-11H2,1-2H3/t13-,14-/m0/s1. The summed E-state index contributed by atoms with van der Waals surface area (Å²) >= 11 is 0. The van der Waals surface area contributed by atoms with Gasteiger partial charge in [-0.2, -0.15) is 5.26 Å². The second-order valence-electron chi connectivity index (χ2n) is 6.11. The molecule has 6 heteroatoms. The lowest BCUT2D eigenvalue weighted by atomic mass is 10.1. The van der Waals surface area contributed by atoms with E-state index in [9.17, 15) is 0 Å². The van der Waals surface area contributed by atoms with Crippen molar-refractivity contribution in [3.05, 3.63) is 17.8 Å². The van der Waals surface area contributed by atoms with Gasteiger partial charge in [0.25, 0.3) is 5.88 Å². The molecule has 118 valence electrons. The van der Waals surface area contributed by atoms with E-state index in [1.54, 1.807) is 6.07 Å². The number of hydrogen-bond acceptors (Lipinski definition) is 6. The van der Waals surface area contributed by atoms with Gasteiger partial charge in [-0.15, -0.1) is 0 Å². The van der Waals surface area contributed by atoms with Gasteiger partial charge in [0.05, 0.1) is 5.56 Å². The molecule has 0 bridgehead atoms. The molecule has 3 heterocycles. The third-order valence-electron chi connectivity index (χ3n) is 4.67. The number of rotatable bonds is 6. The van der Waals surface area contributed by atoms with Gasteiger partial charge in [0.2, 0.25) is 0 Å². The summed E-state index contributed by atoms with van der Waals surface area (Å²) in [5.74, 6) is 1.06. The fraction of sp³-hybridized carbons (Fsp3) is 0.625. The van der Waals surface area contributed by atoms with E-state index in [2.05, 4.69) is 34.9 Å². The van der Waals surface area contributed by atoms with Crippen molar-refractivity contribution in [2.24, 2.45) is 0 Å². The largest absolute Gasteiger partial charge is 0.486 e. The van der Waals surface area contributed by atoms with Gasteiger partial charge in [0.1, 0.15) is 19.3 Å². The number of likely N-dealkylation sites (N-methyl/N-ethyl adjacent to an activating group) is 2. The average molecular weight is 302 g/mol. The van der Waals surface area contributed by atoms with E-state index in [0.29, 0.717) is 42.5 Å². The quantitative estimate of drug-likeness (QED) is 0.785. The maximum Gasteiger partial charge on any atom is 0.257 e. The van der Waals surface area contributed by atoms with Crippen LogP contribution in [0.4, 0.5) is 0 Å². The summed E-state index contributed by atoms with van der Waals surface area (Å²) in [6.45, 7) is 3.44. The van der Waals surface area contributed by atoms with E-state index >= 15 is 0 Å². The molecule has 6 nitrogen and oxygen atoms in total. The van der Waals surface area contributed by atoms with Crippen LogP contribution in [0.5, 0.6) is 11.6 Å².